The smallest absolute Gasteiger partial charge is 0.266 e. The lowest BCUT2D eigenvalue weighted by Gasteiger charge is -2.23. The van der Waals surface area contributed by atoms with Crippen molar-refractivity contribution in [2.45, 2.75) is 32.7 Å². The lowest BCUT2D eigenvalue weighted by Crippen LogP contribution is -2.31. The van der Waals surface area contributed by atoms with Crippen LogP contribution in [0.1, 0.15) is 56.1 Å². The summed E-state index contributed by atoms with van der Waals surface area (Å²) in [4.78, 5) is 41.2. The van der Waals surface area contributed by atoms with E-state index in [1.165, 1.54) is 11.3 Å². The standard InChI is InChI=1S/C21H21N5O2S/c1-13-16(20(27)25-15-7-4-3-5-8-15)11-22-19(24-13)17-9-6-10-26(17)21(28)18-14(2)23-12-29-18/h3-5,7-8,11-12,17H,6,9-10H2,1-2H3,(H,25,27)/t17-/m1/s1. The minimum atomic E-state index is -0.250. The fraction of sp³-hybridized carbons (Fsp3) is 0.286. The third kappa shape index (κ3) is 3.88. The SMILES string of the molecule is Cc1nc([C@H]2CCCN2C(=O)c2scnc2C)ncc1C(=O)Nc1ccccc1. The van der Waals surface area contributed by atoms with Gasteiger partial charge in [0.2, 0.25) is 0 Å². The van der Waals surface area contributed by atoms with Crippen molar-refractivity contribution in [1.82, 2.24) is 19.9 Å². The Bertz CT molecular complexity index is 1050. The van der Waals surface area contributed by atoms with Crippen molar-refractivity contribution >= 4 is 28.8 Å². The van der Waals surface area contributed by atoms with Crippen molar-refractivity contribution in [2.24, 2.45) is 0 Å². The summed E-state index contributed by atoms with van der Waals surface area (Å²) in [7, 11) is 0. The zero-order chi connectivity index (χ0) is 20.4. The third-order valence-electron chi connectivity index (χ3n) is 5.03. The van der Waals surface area contributed by atoms with Crippen molar-refractivity contribution in [1.29, 1.82) is 0 Å². The second-order valence-electron chi connectivity index (χ2n) is 6.97. The van der Waals surface area contributed by atoms with E-state index >= 15 is 0 Å². The molecule has 3 heterocycles. The molecule has 2 aromatic heterocycles. The van der Waals surface area contributed by atoms with Gasteiger partial charge in [-0.05, 0) is 38.8 Å². The van der Waals surface area contributed by atoms with E-state index in [0.29, 0.717) is 34.2 Å². The summed E-state index contributed by atoms with van der Waals surface area (Å²) in [6, 6.07) is 9.07. The molecule has 0 saturated carbocycles. The van der Waals surface area contributed by atoms with Crippen LogP contribution in [0.4, 0.5) is 5.69 Å². The van der Waals surface area contributed by atoms with Crippen LogP contribution in [0.15, 0.2) is 42.0 Å². The molecule has 1 saturated heterocycles. The number of carbonyl (C=O) groups is 2. The number of aryl methyl sites for hydroxylation is 2. The van der Waals surface area contributed by atoms with E-state index in [2.05, 4.69) is 20.3 Å². The van der Waals surface area contributed by atoms with E-state index < -0.39 is 0 Å². The molecule has 3 aromatic rings. The minimum Gasteiger partial charge on any atom is -0.328 e. The Labute approximate surface area is 172 Å². The molecule has 2 amide bonds. The van der Waals surface area contributed by atoms with Crippen molar-refractivity contribution < 1.29 is 9.59 Å². The van der Waals surface area contributed by atoms with Crippen LogP contribution in [0, 0.1) is 13.8 Å². The van der Waals surface area contributed by atoms with Gasteiger partial charge in [0.15, 0.2) is 5.82 Å². The molecular weight excluding hydrogens is 386 g/mol. The molecule has 0 unspecified atom stereocenters. The van der Waals surface area contributed by atoms with Crippen LogP contribution >= 0.6 is 11.3 Å². The van der Waals surface area contributed by atoms with Crippen molar-refractivity contribution in [3.63, 3.8) is 0 Å². The number of hydrogen-bond acceptors (Lipinski definition) is 6. The summed E-state index contributed by atoms with van der Waals surface area (Å²) in [5.74, 6) is 0.298. The number of anilines is 1. The third-order valence-corrected chi connectivity index (χ3v) is 5.94. The van der Waals surface area contributed by atoms with E-state index in [-0.39, 0.29) is 17.9 Å². The topological polar surface area (TPSA) is 88.1 Å². The number of rotatable bonds is 4. The Balaban J connectivity index is 1.54. The van der Waals surface area contributed by atoms with Crippen LogP contribution in [-0.4, -0.2) is 38.2 Å². The second-order valence-corrected chi connectivity index (χ2v) is 7.83. The lowest BCUT2D eigenvalue weighted by molar-refractivity contribution is 0.0733. The Morgan fingerprint density at radius 1 is 1.14 bits per heavy atom. The lowest BCUT2D eigenvalue weighted by atomic mass is 10.1. The Morgan fingerprint density at radius 3 is 2.62 bits per heavy atom. The molecule has 1 aliphatic rings. The number of likely N-dealkylation sites (tertiary alicyclic amines) is 1. The predicted octanol–water partition coefficient (Wildman–Crippen LogP) is 3.78. The monoisotopic (exact) mass is 407 g/mol. The van der Waals surface area contributed by atoms with Gasteiger partial charge in [0, 0.05) is 18.4 Å². The van der Waals surface area contributed by atoms with Gasteiger partial charge in [0.1, 0.15) is 4.88 Å². The van der Waals surface area contributed by atoms with Crippen LogP contribution in [-0.2, 0) is 0 Å². The summed E-state index contributed by atoms with van der Waals surface area (Å²) in [6.07, 6.45) is 3.25. The molecule has 1 fully saturated rings. The van der Waals surface area contributed by atoms with Gasteiger partial charge in [0.05, 0.1) is 28.5 Å². The second kappa shape index (κ2) is 8.08. The molecule has 8 heteroatoms. The van der Waals surface area contributed by atoms with Gasteiger partial charge in [-0.25, -0.2) is 15.0 Å². The molecule has 0 spiro atoms. The number of benzene rings is 1. The van der Waals surface area contributed by atoms with E-state index in [0.717, 1.165) is 18.5 Å². The largest absolute Gasteiger partial charge is 0.328 e. The van der Waals surface area contributed by atoms with E-state index in [1.54, 1.807) is 18.6 Å². The first-order valence-corrected chi connectivity index (χ1v) is 10.3. The van der Waals surface area contributed by atoms with E-state index in [4.69, 9.17) is 0 Å². The summed E-state index contributed by atoms with van der Waals surface area (Å²) >= 11 is 1.36. The molecular formula is C21H21N5O2S. The Hall–Kier alpha value is -3.13. The molecule has 1 aromatic carbocycles. The summed E-state index contributed by atoms with van der Waals surface area (Å²) in [6.45, 7) is 4.30. The number of amides is 2. The summed E-state index contributed by atoms with van der Waals surface area (Å²) < 4.78 is 0. The highest BCUT2D eigenvalue weighted by molar-refractivity contribution is 7.11. The first-order chi connectivity index (χ1) is 14.0. The van der Waals surface area contributed by atoms with Gasteiger partial charge in [-0.1, -0.05) is 18.2 Å². The van der Waals surface area contributed by atoms with Gasteiger partial charge in [-0.15, -0.1) is 11.3 Å². The quantitative estimate of drug-likeness (QED) is 0.711. The van der Waals surface area contributed by atoms with Crippen LogP contribution in [0.25, 0.3) is 0 Å². The number of para-hydroxylation sites is 1. The molecule has 29 heavy (non-hydrogen) atoms. The first kappa shape index (κ1) is 19.2. The average molecular weight is 407 g/mol. The van der Waals surface area contributed by atoms with Crippen molar-refractivity contribution in [3.8, 4) is 0 Å². The fourth-order valence-electron chi connectivity index (χ4n) is 3.50. The number of carbonyl (C=O) groups excluding carboxylic acids is 2. The van der Waals surface area contributed by atoms with E-state index in [9.17, 15) is 9.59 Å². The van der Waals surface area contributed by atoms with E-state index in [1.807, 2.05) is 42.2 Å². The maximum Gasteiger partial charge on any atom is 0.266 e. The van der Waals surface area contributed by atoms with Crippen LogP contribution in [0.2, 0.25) is 0 Å². The molecule has 7 nitrogen and oxygen atoms in total. The van der Waals surface area contributed by atoms with Gasteiger partial charge < -0.3 is 10.2 Å². The maximum absolute atomic E-state index is 13.0. The summed E-state index contributed by atoms with van der Waals surface area (Å²) in [5, 5.41) is 2.85. The van der Waals surface area contributed by atoms with Gasteiger partial charge in [-0.2, -0.15) is 0 Å². The van der Waals surface area contributed by atoms with Gasteiger partial charge in [0.25, 0.3) is 11.8 Å². The highest BCUT2D eigenvalue weighted by Gasteiger charge is 2.34. The highest BCUT2D eigenvalue weighted by atomic mass is 32.1. The van der Waals surface area contributed by atoms with Crippen LogP contribution < -0.4 is 5.32 Å². The normalized spacial score (nSPS) is 16.1. The first-order valence-electron chi connectivity index (χ1n) is 9.45. The maximum atomic E-state index is 13.0. The molecule has 4 rings (SSSR count). The minimum absolute atomic E-state index is 0.0281. The Kier molecular flexibility index (Phi) is 5.35. The highest BCUT2D eigenvalue weighted by Crippen LogP contribution is 2.32. The molecule has 0 radical (unpaired) electrons. The number of nitrogens with one attached hydrogen (secondary N) is 1. The molecule has 0 aliphatic carbocycles. The van der Waals surface area contributed by atoms with Gasteiger partial charge >= 0.3 is 0 Å². The summed E-state index contributed by atoms with van der Waals surface area (Å²) in [5.41, 5.74) is 4.17. The molecule has 1 N–H and O–H groups in total. The fourth-order valence-corrected chi connectivity index (χ4v) is 4.26. The molecule has 0 bridgehead atoms. The average Bonchev–Trinajstić information content (AvgIpc) is 3.37. The number of aromatic nitrogens is 3. The van der Waals surface area contributed by atoms with Crippen molar-refractivity contribution in [3.05, 3.63) is 69.7 Å². The van der Waals surface area contributed by atoms with Crippen LogP contribution in [0.3, 0.4) is 0 Å². The predicted molar refractivity (Wildman–Crippen MR) is 111 cm³/mol. The van der Waals surface area contributed by atoms with Crippen molar-refractivity contribution in [2.75, 3.05) is 11.9 Å². The number of hydrogen-bond donors (Lipinski definition) is 1. The number of thiazole rings is 1. The zero-order valence-corrected chi connectivity index (χ0v) is 17.1. The molecule has 1 aliphatic heterocycles. The van der Waals surface area contributed by atoms with Crippen LogP contribution in [0.5, 0.6) is 0 Å². The zero-order valence-electron chi connectivity index (χ0n) is 16.3. The number of nitrogens with zero attached hydrogens (tertiary/aromatic N) is 4. The molecule has 1 atom stereocenters. The van der Waals surface area contributed by atoms with Gasteiger partial charge in [-0.3, -0.25) is 9.59 Å². The molecule has 148 valence electrons. The Morgan fingerprint density at radius 2 is 1.93 bits per heavy atom.